The monoisotopic (exact) mass is 362 g/mol. The Kier molecular flexibility index (Phi) is 5.41. The van der Waals surface area contributed by atoms with Crippen LogP contribution >= 0.6 is 0 Å². The summed E-state index contributed by atoms with van der Waals surface area (Å²) >= 11 is 0. The first-order chi connectivity index (χ1) is 12.9. The van der Waals surface area contributed by atoms with Crippen molar-refractivity contribution >= 4 is 34.5 Å². The Morgan fingerprint density at radius 1 is 1.11 bits per heavy atom. The summed E-state index contributed by atoms with van der Waals surface area (Å²) < 4.78 is 5.86. The number of amides is 2. The molecule has 0 fully saturated rings. The van der Waals surface area contributed by atoms with Crippen LogP contribution in [0.2, 0.25) is 0 Å². The Morgan fingerprint density at radius 2 is 1.81 bits per heavy atom. The van der Waals surface area contributed by atoms with Crippen LogP contribution in [-0.2, 0) is 9.59 Å². The Morgan fingerprint density at radius 3 is 2.48 bits per heavy atom. The fourth-order valence-corrected chi connectivity index (χ4v) is 2.76. The van der Waals surface area contributed by atoms with Gasteiger partial charge in [0.2, 0.25) is 11.8 Å². The maximum atomic E-state index is 12.5. The number of para-hydroxylation sites is 1. The standard InChI is InChI=1S/C22H22N2O3/c1-15(21-14-18-6-4-5-7-20(18)27-21)24(3)22(26)13-10-17-8-11-19(12-9-17)23-16(2)25/h4-15H,1-3H3,(H,23,25)/b13-10+. The average Bonchev–Trinajstić information content (AvgIpc) is 3.09. The smallest absolute Gasteiger partial charge is 0.246 e. The van der Waals surface area contributed by atoms with Gasteiger partial charge in [0.25, 0.3) is 0 Å². The van der Waals surface area contributed by atoms with Crippen LogP contribution < -0.4 is 5.32 Å². The van der Waals surface area contributed by atoms with Gasteiger partial charge < -0.3 is 14.6 Å². The number of benzene rings is 2. The number of carbonyl (C=O) groups is 2. The summed E-state index contributed by atoms with van der Waals surface area (Å²) in [5.41, 5.74) is 2.42. The van der Waals surface area contributed by atoms with Crippen molar-refractivity contribution in [3.05, 3.63) is 72.0 Å². The maximum Gasteiger partial charge on any atom is 0.246 e. The van der Waals surface area contributed by atoms with Crippen molar-refractivity contribution in [3.8, 4) is 0 Å². The van der Waals surface area contributed by atoms with Crippen LogP contribution in [0.3, 0.4) is 0 Å². The summed E-state index contributed by atoms with van der Waals surface area (Å²) in [4.78, 5) is 25.2. The van der Waals surface area contributed by atoms with E-state index in [0.29, 0.717) is 0 Å². The predicted octanol–water partition coefficient (Wildman–Crippen LogP) is 4.62. The third-order valence-electron chi connectivity index (χ3n) is 4.43. The molecule has 1 atom stereocenters. The number of furan rings is 1. The molecule has 3 aromatic rings. The Balaban J connectivity index is 1.67. The number of nitrogens with one attached hydrogen (secondary N) is 1. The van der Waals surface area contributed by atoms with Crippen LogP contribution in [0, 0.1) is 0 Å². The highest BCUT2D eigenvalue weighted by molar-refractivity contribution is 5.92. The highest BCUT2D eigenvalue weighted by atomic mass is 16.3. The fourth-order valence-electron chi connectivity index (χ4n) is 2.76. The zero-order valence-corrected chi connectivity index (χ0v) is 15.6. The molecule has 0 aliphatic rings. The van der Waals surface area contributed by atoms with Crippen LogP contribution in [0.4, 0.5) is 5.69 Å². The highest BCUT2D eigenvalue weighted by Gasteiger charge is 2.19. The molecule has 0 saturated heterocycles. The first-order valence-corrected chi connectivity index (χ1v) is 8.75. The minimum absolute atomic E-state index is 0.116. The van der Waals surface area contributed by atoms with Crippen molar-refractivity contribution in [2.75, 3.05) is 12.4 Å². The van der Waals surface area contributed by atoms with Gasteiger partial charge in [0.05, 0.1) is 6.04 Å². The molecule has 0 spiro atoms. The summed E-state index contributed by atoms with van der Waals surface area (Å²) in [6.45, 7) is 3.40. The van der Waals surface area contributed by atoms with E-state index < -0.39 is 0 Å². The van der Waals surface area contributed by atoms with Gasteiger partial charge in [-0.3, -0.25) is 9.59 Å². The topological polar surface area (TPSA) is 62.6 Å². The number of nitrogens with zero attached hydrogens (tertiary/aromatic N) is 1. The van der Waals surface area contributed by atoms with Gasteiger partial charge in [-0.05, 0) is 42.8 Å². The number of anilines is 1. The van der Waals surface area contributed by atoms with Crippen molar-refractivity contribution in [1.29, 1.82) is 0 Å². The average molecular weight is 362 g/mol. The zero-order valence-electron chi connectivity index (χ0n) is 15.6. The van der Waals surface area contributed by atoms with Crippen molar-refractivity contribution in [3.63, 3.8) is 0 Å². The molecule has 0 saturated carbocycles. The van der Waals surface area contributed by atoms with E-state index in [1.165, 1.54) is 13.0 Å². The van der Waals surface area contributed by atoms with Gasteiger partial charge in [0.15, 0.2) is 0 Å². The minimum Gasteiger partial charge on any atom is -0.459 e. The number of hydrogen-bond acceptors (Lipinski definition) is 3. The quantitative estimate of drug-likeness (QED) is 0.674. The summed E-state index contributed by atoms with van der Waals surface area (Å²) in [5, 5.41) is 3.73. The van der Waals surface area contributed by atoms with Gasteiger partial charge in [0, 0.05) is 31.1 Å². The van der Waals surface area contributed by atoms with E-state index in [1.807, 2.05) is 49.4 Å². The number of fused-ring (bicyclic) bond motifs is 1. The SMILES string of the molecule is CC(=O)Nc1ccc(/C=C/C(=O)N(C)C(C)c2cc3ccccc3o2)cc1. The van der Waals surface area contributed by atoms with Gasteiger partial charge in [-0.25, -0.2) is 0 Å². The maximum absolute atomic E-state index is 12.5. The van der Waals surface area contributed by atoms with Crippen LogP contribution in [0.5, 0.6) is 0 Å². The molecule has 27 heavy (non-hydrogen) atoms. The summed E-state index contributed by atoms with van der Waals surface area (Å²) in [5.74, 6) is 0.517. The molecule has 1 N–H and O–H groups in total. The predicted molar refractivity (Wildman–Crippen MR) is 107 cm³/mol. The van der Waals surface area contributed by atoms with E-state index >= 15 is 0 Å². The second kappa shape index (κ2) is 7.91. The fraction of sp³-hybridized carbons (Fsp3) is 0.182. The van der Waals surface area contributed by atoms with Crippen molar-refractivity contribution in [1.82, 2.24) is 4.90 Å². The Bertz CT molecular complexity index is 953. The number of hydrogen-bond donors (Lipinski definition) is 1. The molecule has 0 aliphatic heterocycles. The summed E-state index contributed by atoms with van der Waals surface area (Å²) in [6.07, 6.45) is 3.29. The van der Waals surface area contributed by atoms with E-state index in [1.54, 1.807) is 30.2 Å². The van der Waals surface area contributed by atoms with Gasteiger partial charge in [0.1, 0.15) is 11.3 Å². The first-order valence-electron chi connectivity index (χ1n) is 8.75. The first kappa shape index (κ1) is 18.5. The van der Waals surface area contributed by atoms with Gasteiger partial charge in [-0.1, -0.05) is 30.3 Å². The molecule has 5 nitrogen and oxygen atoms in total. The molecule has 0 radical (unpaired) electrons. The molecule has 0 bridgehead atoms. The second-order valence-corrected chi connectivity index (χ2v) is 6.45. The molecule has 5 heteroatoms. The zero-order chi connectivity index (χ0) is 19.4. The largest absolute Gasteiger partial charge is 0.459 e. The molecule has 2 amide bonds. The van der Waals surface area contributed by atoms with Gasteiger partial charge >= 0.3 is 0 Å². The summed E-state index contributed by atoms with van der Waals surface area (Å²) in [7, 11) is 1.75. The molecule has 1 unspecified atom stereocenters. The molecule has 3 rings (SSSR count). The highest BCUT2D eigenvalue weighted by Crippen LogP contribution is 2.26. The van der Waals surface area contributed by atoms with E-state index in [2.05, 4.69) is 5.32 Å². The Labute approximate surface area is 158 Å². The third kappa shape index (κ3) is 4.44. The van der Waals surface area contributed by atoms with E-state index in [4.69, 9.17) is 4.42 Å². The Hall–Kier alpha value is -3.34. The lowest BCUT2D eigenvalue weighted by Crippen LogP contribution is -2.27. The molecule has 1 heterocycles. The van der Waals surface area contributed by atoms with E-state index in [0.717, 1.165) is 28.0 Å². The van der Waals surface area contributed by atoms with Crippen molar-refractivity contribution < 1.29 is 14.0 Å². The third-order valence-corrected chi connectivity index (χ3v) is 4.43. The van der Waals surface area contributed by atoms with Crippen LogP contribution in [0.15, 0.2) is 65.1 Å². The normalized spacial score (nSPS) is 12.3. The van der Waals surface area contributed by atoms with Crippen molar-refractivity contribution in [2.24, 2.45) is 0 Å². The lowest BCUT2D eigenvalue weighted by molar-refractivity contribution is -0.126. The van der Waals surface area contributed by atoms with Crippen LogP contribution in [-0.4, -0.2) is 23.8 Å². The van der Waals surface area contributed by atoms with Crippen molar-refractivity contribution in [2.45, 2.75) is 19.9 Å². The van der Waals surface area contributed by atoms with E-state index in [9.17, 15) is 9.59 Å². The molecular formula is C22H22N2O3. The van der Waals surface area contributed by atoms with Crippen LogP contribution in [0.1, 0.15) is 31.2 Å². The molecular weight excluding hydrogens is 340 g/mol. The number of carbonyl (C=O) groups excluding carboxylic acids is 2. The summed E-state index contributed by atoms with van der Waals surface area (Å²) in [6, 6.07) is 16.9. The van der Waals surface area contributed by atoms with Gasteiger partial charge in [-0.2, -0.15) is 0 Å². The molecule has 2 aromatic carbocycles. The molecule has 138 valence electrons. The minimum atomic E-state index is -0.184. The van der Waals surface area contributed by atoms with Crippen LogP contribution in [0.25, 0.3) is 17.0 Å². The lowest BCUT2D eigenvalue weighted by atomic mass is 10.1. The second-order valence-electron chi connectivity index (χ2n) is 6.45. The lowest BCUT2D eigenvalue weighted by Gasteiger charge is -2.21. The molecule has 1 aromatic heterocycles. The number of likely N-dealkylation sites (N-methyl/N-ethyl adjacent to an activating group) is 1. The van der Waals surface area contributed by atoms with E-state index in [-0.39, 0.29) is 17.9 Å². The molecule has 0 aliphatic carbocycles. The van der Waals surface area contributed by atoms with Gasteiger partial charge in [-0.15, -0.1) is 0 Å². The number of rotatable bonds is 5.